The summed E-state index contributed by atoms with van der Waals surface area (Å²) in [5.74, 6) is 0.339. The van der Waals surface area contributed by atoms with Crippen molar-refractivity contribution in [2.24, 2.45) is 0 Å². The van der Waals surface area contributed by atoms with Crippen molar-refractivity contribution < 1.29 is 9.53 Å². The fourth-order valence-electron chi connectivity index (χ4n) is 3.05. The topological polar surface area (TPSA) is 87.5 Å². The predicted molar refractivity (Wildman–Crippen MR) is 78.9 cm³/mol. The van der Waals surface area contributed by atoms with Gasteiger partial charge >= 0.3 is 0 Å². The molecule has 0 saturated carbocycles. The monoisotopic (exact) mass is 293 g/mol. The fourth-order valence-corrected chi connectivity index (χ4v) is 3.05. The van der Waals surface area contributed by atoms with E-state index in [0.29, 0.717) is 17.6 Å². The lowest BCUT2D eigenvalue weighted by Crippen LogP contribution is -2.37. The molecule has 1 aromatic rings. The Labute approximate surface area is 124 Å². The number of anilines is 1. The Hall–Kier alpha value is -1.60. The summed E-state index contributed by atoms with van der Waals surface area (Å²) in [5.41, 5.74) is 6.03. The Bertz CT molecular complexity index is 483. The van der Waals surface area contributed by atoms with Crippen LogP contribution in [0.3, 0.4) is 0 Å². The number of carbonyl (C=O) groups excluding carboxylic acids is 1. The lowest BCUT2D eigenvalue weighted by Gasteiger charge is -2.23. The first-order chi connectivity index (χ1) is 10.2. The summed E-state index contributed by atoms with van der Waals surface area (Å²) in [4.78, 5) is 16.7. The van der Waals surface area contributed by atoms with Crippen LogP contribution in [0.25, 0.3) is 0 Å². The molecule has 2 fully saturated rings. The maximum atomic E-state index is 12.4. The zero-order valence-corrected chi connectivity index (χ0v) is 12.3. The van der Waals surface area contributed by atoms with Crippen molar-refractivity contribution in [3.63, 3.8) is 0 Å². The second-order valence-electron chi connectivity index (χ2n) is 5.79. The molecule has 7 nitrogen and oxygen atoms in total. The number of hydrogen-bond acceptors (Lipinski definition) is 5. The Morgan fingerprint density at radius 1 is 1.38 bits per heavy atom. The van der Waals surface area contributed by atoms with Crippen molar-refractivity contribution in [1.82, 2.24) is 20.0 Å². The van der Waals surface area contributed by atoms with E-state index >= 15 is 0 Å². The molecule has 1 unspecified atom stereocenters. The lowest BCUT2D eigenvalue weighted by atomic mass is 10.2. The molecule has 0 radical (unpaired) electrons. The Morgan fingerprint density at radius 3 is 3.00 bits per heavy atom. The van der Waals surface area contributed by atoms with E-state index in [2.05, 4.69) is 15.1 Å². The van der Waals surface area contributed by atoms with Gasteiger partial charge in [0.1, 0.15) is 11.5 Å². The van der Waals surface area contributed by atoms with E-state index in [1.165, 1.54) is 6.42 Å². The van der Waals surface area contributed by atoms with Crippen LogP contribution in [-0.4, -0.2) is 71.3 Å². The summed E-state index contributed by atoms with van der Waals surface area (Å²) in [6.07, 6.45) is 3.69. The van der Waals surface area contributed by atoms with Crippen LogP contribution < -0.4 is 5.73 Å². The fraction of sp³-hybridized carbons (Fsp3) is 0.714. The molecule has 3 heterocycles. The first-order valence-electron chi connectivity index (χ1n) is 7.66. The number of aromatic amines is 1. The molecule has 116 valence electrons. The van der Waals surface area contributed by atoms with Gasteiger partial charge in [0.2, 0.25) is 0 Å². The normalized spacial score (nSPS) is 24.2. The summed E-state index contributed by atoms with van der Waals surface area (Å²) in [7, 11) is 0. The third-order valence-corrected chi connectivity index (χ3v) is 4.19. The number of nitrogens with zero attached hydrogens (tertiary/aromatic N) is 3. The van der Waals surface area contributed by atoms with Gasteiger partial charge in [0.25, 0.3) is 5.91 Å². The first kappa shape index (κ1) is 14.3. The zero-order valence-electron chi connectivity index (χ0n) is 12.3. The third kappa shape index (κ3) is 3.54. The molecule has 3 rings (SSSR count). The minimum Gasteiger partial charge on any atom is -0.382 e. The van der Waals surface area contributed by atoms with Crippen LogP contribution in [0.1, 0.15) is 29.8 Å². The van der Waals surface area contributed by atoms with Crippen LogP contribution in [0.2, 0.25) is 0 Å². The van der Waals surface area contributed by atoms with Gasteiger partial charge in [-0.3, -0.25) is 14.8 Å². The van der Waals surface area contributed by atoms with E-state index in [1.54, 1.807) is 6.07 Å². The van der Waals surface area contributed by atoms with Gasteiger partial charge in [-0.25, -0.2) is 0 Å². The molecule has 0 aromatic carbocycles. The number of nitrogens with two attached hydrogens (primary N) is 1. The average molecular weight is 293 g/mol. The van der Waals surface area contributed by atoms with E-state index in [0.717, 1.165) is 52.2 Å². The highest BCUT2D eigenvalue weighted by molar-refractivity contribution is 5.93. The van der Waals surface area contributed by atoms with Crippen molar-refractivity contribution in [2.45, 2.75) is 25.4 Å². The molecule has 2 aliphatic heterocycles. The van der Waals surface area contributed by atoms with Crippen LogP contribution >= 0.6 is 0 Å². The number of carbonyl (C=O) groups is 1. The van der Waals surface area contributed by atoms with Gasteiger partial charge in [0, 0.05) is 38.9 Å². The van der Waals surface area contributed by atoms with Crippen LogP contribution in [0, 0.1) is 0 Å². The minimum atomic E-state index is -0.0156. The maximum absolute atomic E-state index is 12.4. The summed E-state index contributed by atoms with van der Waals surface area (Å²) in [6, 6.07) is 1.59. The SMILES string of the molecule is Nc1cc(C(=O)N2CCCN(CC3CCCO3)CC2)[nH]n1. The average Bonchev–Trinajstić information content (AvgIpc) is 3.07. The van der Waals surface area contributed by atoms with E-state index in [4.69, 9.17) is 10.5 Å². The van der Waals surface area contributed by atoms with Gasteiger partial charge in [-0.2, -0.15) is 5.10 Å². The highest BCUT2D eigenvalue weighted by atomic mass is 16.5. The molecule has 0 spiro atoms. The number of nitrogen functional groups attached to an aromatic ring is 1. The van der Waals surface area contributed by atoms with Gasteiger partial charge in [0.05, 0.1) is 6.10 Å². The van der Waals surface area contributed by atoms with Gasteiger partial charge < -0.3 is 15.4 Å². The van der Waals surface area contributed by atoms with Crippen LogP contribution in [-0.2, 0) is 4.74 Å². The summed E-state index contributed by atoms with van der Waals surface area (Å²) in [6.45, 7) is 5.32. The highest BCUT2D eigenvalue weighted by Gasteiger charge is 2.24. The number of rotatable bonds is 3. The second-order valence-corrected chi connectivity index (χ2v) is 5.79. The van der Waals surface area contributed by atoms with Crippen molar-refractivity contribution in [3.8, 4) is 0 Å². The number of aromatic nitrogens is 2. The molecule has 1 atom stereocenters. The van der Waals surface area contributed by atoms with E-state index in [1.807, 2.05) is 4.90 Å². The Kier molecular flexibility index (Phi) is 4.40. The number of amides is 1. The first-order valence-corrected chi connectivity index (χ1v) is 7.66. The Morgan fingerprint density at radius 2 is 2.29 bits per heavy atom. The molecule has 1 aromatic heterocycles. The predicted octanol–water partition coefficient (Wildman–Crippen LogP) is 0.319. The van der Waals surface area contributed by atoms with E-state index < -0.39 is 0 Å². The van der Waals surface area contributed by atoms with Gasteiger partial charge in [0.15, 0.2) is 0 Å². The van der Waals surface area contributed by atoms with Crippen molar-refractivity contribution in [1.29, 1.82) is 0 Å². The largest absolute Gasteiger partial charge is 0.382 e. The van der Waals surface area contributed by atoms with Crippen LogP contribution in [0.15, 0.2) is 6.07 Å². The van der Waals surface area contributed by atoms with Crippen molar-refractivity contribution in [3.05, 3.63) is 11.8 Å². The molecule has 0 aliphatic carbocycles. The third-order valence-electron chi connectivity index (χ3n) is 4.19. The van der Waals surface area contributed by atoms with E-state index in [-0.39, 0.29) is 5.91 Å². The molecule has 3 N–H and O–H groups in total. The zero-order chi connectivity index (χ0) is 14.7. The smallest absolute Gasteiger partial charge is 0.271 e. The van der Waals surface area contributed by atoms with E-state index in [9.17, 15) is 4.79 Å². The Balaban J connectivity index is 1.53. The molecular formula is C14H23N5O2. The number of ether oxygens (including phenoxy) is 1. The molecule has 0 bridgehead atoms. The summed E-state index contributed by atoms with van der Waals surface area (Å²) >= 11 is 0. The molecule has 2 aliphatic rings. The van der Waals surface area contributed by atoms with Crippen molar-refractivity contribution in [2.75, 3.05) is 45.1 Å². The standard InChI is InChI=1S/C14H23N5O2/c15-13-9-12(16-17-13)14(20)19-5-2-4-18(6-7-19)10-11-3-1-8-21-11/h9,11H,1-8,10H2,(H3,15,16,17). The molecule has 21 heavy (non-hydrogen) atoms. The molecule has 7 heteroatoms. The second kappa shape index (κ2) is 6.44. The number of nitrogens with one attached hydrogen (secondary N) is 1. The maximum Gasteiger partial charge on any atom is 0.271 e. The molecular weight excluding hydrogens is 270 g/mol. The van der Waals surface area contributed by atoms with Crippen LogP contribution in [0.4, 0.5) is 5.82 Å². The molecule has 2 saturated heterocycles. The van der Waals surface area contributed by atoms with Gasteiger partial charge in [-0.15, -0.1) is 0 Å². The van der Waals surface area contributed by atoms with Gasteiger partial charge in [-0.05, 0) is 25.8 Å². The summed E-state index contributed by atoms with van der Waals surface area (Å²) in [5, 5.41) is 6.51. The highest BCUT2D eigenvalue weighted by Crippen LogP contribution is 2.15. The quantitative estimate of drug-likeness (QED) is 0.838. The lowest BCUT2D eigenvalue weighted by molar-refractivity contribution is 0.0701. The number of hydrogen-bond donors (Lipinski definition) is 2. The minimum absolute atomic E-state index is 0.0156. The molecule has 1 amide bonds. The number of H-pyrrole nitrogens is 1. The van der Waals surface area contributed by atoms with Crippen LogP contribution in [0.5, 0.6) is 0 Å². The van der Waals surface area contributed by atoms with Crippen molar-refractivity contribution >= 4 is 11.7 Å². The van der Waals surface area contributed by atoms with Gasteiger partial charge in [-0.1, -0.05) is 0 Å². The summed E-state index contributed by atoms with van der Waals surface area (Å²) < 4.78 is 5.69.